The van der Waals surface area contributed by atoms with E-state index >= 15 is 0 Å². The van der Waals surface area contributed by atoms with Crippen LogP contribution in [-0.4, -0.2) is 12.5 Å². The first-order valence-electron chi connectivity index (χ1n) is 6.65. The molecule has 2 aromatic rings. The SMILES string of the molecule is CCOc1ccccc1NC(=O)/C=C\c1ccc(Br)cc1. The minimum atomic E-state index is -0.190. The molecular weight excluding hydrogens is 330 g/mol. The molecule has 108 valence electrons. The van der Waals surface area contributed by atoms with Crippen molar-refractivity contribution in [3.05, 3.63) is 64.6 Å². The zero-order chi connectivity index (χ0) is 15.1. The summed E-state index contributed by atoms with van der Waals surface area (Å²) >= 11 is 3.38. The van der Waals surface area contributed by atoms with Gasteiger partial charge in [-0.1, -0.05) is 40.2 Å². The third-order valence-corrected chi connectivity index (χ3v) is 3.27. The van der Waals surface area contributed by atoms with E-state index in [0.29, 0.717) is 18.0 Å². The predicted octanol–water partition coefficient (Wildman–Crippen LogP) is 4.50. The Morgan fingerprint density at radius 3 is 2.62 bits per heavy atom. The number of carbonyl (C=O) groups excluding carboxylic acids is 1. The lowest BCUT2D eigenvalue weighted by Gasteiger charge is -2.09. The minimum Gasteiger partial charge on any atom is -0.492 e. The number of rotatable bonds is 5. The first kappa shape index (κ1) is 15.3. The summed E-state index contributed by atoms with van der Waals surface area (Å²) in [4.78, 5) is 11.9. The van der Waals surface area contributed by atoms with Crippen molar-refractivity contribution in [1.29, 1.82) is 0 Å². The highest BCUT2D eigenvalue weighted by Crippen LogP contribution is 2.23. The number of halogens is 1. The van der Waals surface area contributed by atoms with Crippen LogP contribution >= 0.6 is 15.9 Å². The maximum Gasteiger partial charge on any atom is 0.248 e. The Hall–Kier alpha value is -2.07. The molecule has 0 bridgehead atoms. The van der Waals surface area contributed by atoms with Gasteiger partial charge in [-0.25, -0.2) is 0 Å². The van der Waals surface area contributed by atoms with Crippen LogP contribution in [0.2, 0.25) is 0 Å². The van der Waals surface area contributed by atoms with E-state index in [2.05, 4.69) is 21.2 Å². The fourth-order valence-electron chi connectivity index (χ4n) is 1.77. The zero-order valence-electron chi connectivity index (χ0n) is 11.7. The van der Waals surface area contributed by atoms with E-state index < -0.39 is 0 Å². The maximum absolute atomic E-state index is 11.9. The molecule has 1 N–H and O–H groups in total. The minimum absolute atomic E-state index is 0.190. The quantitative estimate of drug-likeness (QED) is 0.810. The molecular formula is C17H16BrNO2. The third kappa shape index (κ3) is 4.76. The molecule has 21 heavy (non-hydrogen) atoms. The first-order valence-corrected chi connectivity index (χ1v) is 7.45. The highest BCUT2D eigenvalue weighted by atomic mass is 79.9. The van der Waals surface area contributed by atoms with E-state index in [4.69, 9.17) is 4.74 Å². The summed E-state index contributed by atoms with van der Waals surface area (Å²) in [6.07, 6.45) is 3.27. The molecule has 0 aliphatic heterocycles. The van der Waals surface area contributed by atoms with Gasteiger partial charge in [0, 0.05) is 10.5 Å². The fraction of sp³-hybridized carbons (Fsp3) is 0.118. The van der Waals surface area contributed by atoms with Crippen molar-refractivity contribution >= 4 is 33.6 Å². The summed E-state index contributed by atoms with van der Waals surface area (Å²) < 4.78 is 6.48. The number of benzene rings is 2. The number of nitrogens with one attached hydrogen (secondary N) is 1. The van der Waals surface area contributed by atoms with E-state index in [1.807, 2.05) is 55.5 Å². The van der Waals surface area contributed by atoms with Crippen LogP contribution in [0.4, 0.5) is 5.69 Å². The van der Waals surface area contributed by atoms with Gasteiger partial charge in [0.05, 0.1) is 12.3 Å². The van der Waals surface area contributed by atoms with Crippen LogP contribution in [0.1, 0.15) is 12.5 Å². The summed E-state index contributed by atoms with van der Waals surface area (Å²) in [7, 11) is 0. The molecule has 3 nitrogen and oxygen atoms in total. The van der Waals surface area contributed by atoms with E-state index in [9.17, 15) is 4.79 Å². The second-order valence-corrected chi connectivity index (χ2v) is 5.22. The van der Waals surface area contributed by atoms with Gasteiger partial charge in [0.15, 0.2) is 0 Å². The van der Waals surface area contributed by atoms with Gasteiger partial charge < -0.3 is 10.1 Å². The Balaban J connectivity index is 2.03. The number of ether oxygens (including phenoxy) is 1. The number of anilines is 1. The number of para-hydroxylation sites is 2. The number of carbonyl (C=O) groups is 1. The summed E-state index contributed by atoms with van der Waals surface area (Å²) in [6.45, 7) is 2.47. The number of hydrogen-bond acceptors (Lipinski definition) is 2. The van der Waals surface area contributed by atoms with Gasteiger partial charge in [0.2, 0.25) is 5.91 Å². The first-order chi connectivity index (χ1) is 10.2. The molecule has 1 amide bonds. The van der Waals surface area contributed by atoms with Crippen molar-refractivity contribution in [1.82, 2.24) is 0 Å². The molecule has 0 saturated heterocycles. The zero-order valence-corrected chi connectivity index (χ0v) is 13.3. The lowest BCUT2D eigenvalue weighted by molar-refractivity contribution is -0.111. The highest BCUT2D eigenvalue weighted by molar-refractivity contribution is 9.10. The van der Waals surface area contributed by atoms with Gasteiger partial charge in [-0.3, -0.25) is 4.79 Å². The van der Waals surface area contributed by atoms with Gasteiger partial charge in [-0.15, -0.1) is 0 Å². The topological polar surface area (TPSA) is 38.3 Å². The maximum atomic E-state index is 11.9. The van der Waals surface area contributed by atoms with Crippen LogP contribution in [-0.2, 0) is 4.79 Å². The summed E-state index contributed by atoms with van der Waals surface area (Å²) in [5.41, 5.74) is 1.64. The molecule has 0 aliphatic rings. The Morgan fingerprint density at radius 1 is 1.19 bits per heavy atom. The van der Waals surface area contributed by atoms with Crippen molar-refractivity contribution in [3.8, 4) is 5.75 Å². The smallest absolute Gasteiger partial charge is 0.248 e. The normalized spacial score (nSPS) is 10.6. The van der Waals surface area contributed by atoms with E-state index in [0.717, 1.165) is 10.0 Å². The second-order valence-electron chi connectivity index (χ2n) is 4.30. The van der Waals surface area contributed by atoms with Crippen LogP contribution in [0.15, 0.2) is 59.1 Å². The predicted molar refractivity (Wildman–Crippen MR) is 89.4 cm³/mol. The van der Waals surface area contributed by atoms with Crippen molar-refractivity contribution in [2.45, 2.75) is 6.92 Å². The van der Waals surface area contributed by atoms with Crippen LogP contribution in [0.3, 0.4) is 0 Å². The molecule has 2 aromatic carbocycles. The third-order valence-electron chi connectivity index (χ3n) is 2.74. The lowest BCUT2D eigenvalue weighted by Crippen LogP contribution is -2.09. The highest BCUT2D eigenvalue weighted by Gasteiger charge is 2.04. The van der Waals surface area contributed by atoms with E-state index in [1.165, 1.54) is 6.08 Å². The molecule has 2 rings (SSSR count). The van der Waals surface area contributed by atoms with E-state index in [1.54, 1.807) is 6.08 Å². The molecule has 0 aliphatic carbocycles. The second kappa shape index (κ2) is 7.64. The lowest BCUT2D eigenvalue weighted by atomic mass is 10.2. The van der Waals surface area contributed by atoms with Crippen LogP contribution in [0.25, 0.3) is 6.08 Å². The largest absolute Gasteiger partial charge is 0.492 e. The molecule has 0 aromatic heterocycles. The van der Waals surface area contributed by atoms with Crippen LogP contribution < -0.4 is 10.1 Å². The van der Waals surface area contributed by atoms with Gasteiger partial charge >= 0.3 is 0 Å². The Morgan fingerprint density at radius 2 is 1.90 bits per heavy atom. The van der Waals surface area contributed by atoms with Crippen LogP contribution in [0.5, 0.6) is 5.75 Å². The average Bonchev–Trinajstić information content (AvgIpc) is 2.49. The molecule has 0 radical (unpaired) electrons. The van der Waals surface area contributed by atoms with Gasteiger partial charge in [0.1, 0.15) is 5.75 Å². The molecule has 0 saturated carbocycles. The van der Waals surface area contributed by atoms with Crippen LogP contribution in [0, 0.1) is 0 Å². The number of amides is 1. The Labute approximate surface area is 132 Å². The average molecular weight is 346 g/mol. The fourth-order valence-corrected chi connectivity index (χ4v) is 2.04. The molecule has 4 heteroatoms. The summed E-state index contributed by atoms with van der Waals surface area (Å²) in [6, 6.07) is 15.1. The summed E-state index contributed by atoms with van der Waals surface area (Å²) in [5.74, 6) is 0.482. The molecule has 0 spiro atoms. The van der Waals surface area contributed by atoms with E-state index in [-0.39, 0.29) is 5.91 Å². The van der Waals surface area contributed by atoms with Gasteiger partial charge in [-0.2, -0.15) is 0 Å². The molecule has 0 unspecified atom stereocenters. The molecule has 0 heterocycles. The van der Waals surface area contributed by atoms with Crippen molar-refractivity contribution in [3.63, 3.8) is 0 Å². The van der Waals surface area contributed by atoms with Gasteiger partial charge in [0.25, 0.3) is 0 Å². The number of hydrogen-bond donors (Lipinski definition) is 1. The standard InChI is InChI=1S/C17H16BrNO2/c1-2-21-16-6-4-3-5-15(16)19-17(20)12-9-13-7-10-14(18)11-8-13/h3-12H,2H2,1H3,(H,19,20)/b12-9-. The Kier molecular flexibility index (Phi) is 5.58. The summed E-state index contributed by atoms with van der Waals surface area (Å²) in [5, 5.41) is 2.82. The monoisotopic (exact) mass is 345 g/mol. The van der Waals surface area contributed by atoms with Crippen molar-refractivity contribution < 1.29 is 9.53 Å². The Bertz CT molecular complexity index is 635. The molecule has 0 fully saturated rings. The van der Waals surface area contributed by atoms with Crippen molar-refractivity contribution in [2.24, 2.45) is 0 Å². The van der Waals surface area contributed by atoms with Crippen molar-refractivity contribution in [2.75, 3.05) is 11.9 Å². The van der Waals surface area contributed by atoms with Gasteiger partial charge in [-0.05, 0) is 42.8 Å². The molecule has 0 atom stereocenters.